The van der Waals surface area contributed by atoms with Crippen LogP contribution in [0.4, 0.5) is 11.8 Å². The zero-order chi connectivity index (χ0) is 17.4. The van der Waals surface area contributed by atoms with E-state index >= 15 is 0 Å². The van der Waals surface area contributed by atoms with Crippen molar-refractivity contribution in [3.63, 3.8) is 0 Å². The number of hydrogen-bond acceptors (Lipinski definition) is 7. The molecule has 25 heavy (non-hydrogen) atoms. The fraction of sp³-hybridized carbons (Fsp3) is 0.778. The third-order valence-corrected chi connectivity index (χ3v) is 6.00. The molecule has 1 aliphatic carbocycles. The molecule has 1 aromatic rings. The van der Waals surface area contributed by atoms with Gasteiger partial charge in [-0.3, -0.25) is 10.9 Å². The summed E-state index contributed by atoms with van der Waals surface area (Å²) in [5.74, 6) is 3.04. The third kappa shape index (κ3) is 3.59. The number of nitrogens with one attached hydrogen (secondary N) is 2. The zero-order valence-electron chi connectivity index (χ0n) is 15.4. The van der Waals surface area contributed by atoms with Crippen LogP contribution in [0.25, 0.3) is 0 Å². The highest BCUT2D eigenvalue weighted by Crippen LogP contribution is 2.36. The van der Waals surface area contributed by atoms with Gasteiger partial charge >= 0.3 is 0 Å². The minimum atomic E-state index is 0.341. The molecular formula is C18H31N7. The van der Waals surface area contributed by atoms with Crippen LogP contribution in [0, 0.1) is 5.92 Å². The monoisotopic (exact) mass is 345 g/mol. The molecule has 1 aromatic heterocycles. The van der Waals surface area contributed by atoms with Gasteiger partial charge in [0.15, 0.2) is 0 Å². The van der Waals surface area contributed by atoms with Gasteiger partial charge in [-0.25, -0.2) is 4.98 Å². The highest BCUT2D eigenvalue weighted by molar-refractivity contribution is 5.47. The maximum Gasteiger partial charge on any atom is 0.227 e. The average Bonchev–Trinajstić information content (AvgIpc) is 3.24. The van der Waals surface area contributed by atoms with Crippen LogP contribution in [0.5, 0.6) is 0 Å². The van der Waals surface area contributed by atoms with Crippen LogP contribution in [0.2, 0.25) is 0 Å². The fourth-order valence-electron chi connectivity index (χ4n) is 4.12. The van der Waals surface area contributed by atoms with Crippen molar-refractivity contribution >= 4 is 11.8 Å². The Kier molecular flexibility index (Phi) is 4.80. The minimum Gasteiger partial charge on any atom is -0.359 e. The lowest BCUT2D eigenvalue weighted by Gasteiger charge is -2.33. The molecule has 4 N–H and O–H groups in total. The summed E-state index contributed by atoms with van der Waals surface area (Å²) in [4.78, 5) is 14.4. The van der Waals surface area contributed by atoms with Crippen molar-refractivity contribution < 1.29 is 0 Å². The quantitative estimate of drug-likeness (QED) is 0.729. The second kappa shape index (κ2) is 7.05. The van der Waals surface area contributed by atoms with Crippen molar-refractivity contribution in [1.29, 1.82) is 0 Å². The molecule has 3 fully saturated rings. The first-order valence-electron chi connectivity index (χ1n) is 9.69. The number of nitrogens with zero attached hydrogens (tertiary/aromatic N) is 4. The van der Waals surface area contributed by atoms with Gasteiger partial charge in [0.05, 0.1) is 5.69 Å². The van der Waals surface area contributed by atoms with E-state index in [2.05, 4.69) is 40.7 Å². The summed E-state index contributed by atoms with van der Waals surface area (Å²) in [6.07, 6.45) is 4.58. The van der Waals surface area contributed by atoms with Gasteiger partial charge in [0.25, 0.3) is 0 Å². The summed E-state index contributed by atoms with van der Waals surface area (Å²) in [6, 6.07) is 3.01. The Bertz CT molecular complexity index is 595. The Morgan fingerprint density at radius 3 is 2.68 bits per heavy atom. The molecule has 2 aliphatic heterocycles. The largest absolute Gasteiger partial charge is 0.359 e. The van der Waals surface area contributed by atoms with Crippen LogP contribution < -0.4 is 26.4 Å². The topological polar surface area (TPSA) is 82.3 Å². The number of anilines is 2. The first-order valence-corrected chi connectivity index (χ1v) is 9.69. The second-order valence-electron chi connectivity index (χ2n) is 8.03. The molecule has 0 aromatic carbocycles. The molecule has 7 heteroatoms. The SMILES string of the molecule is CC1NNCC1CN(C)c1cc(C2CC(N)C2)nc(N2CCCC2)n1. The van der Waals surface area contributed by atoms with Crippen LogP contribution >= 0.6 is 0 Å². The molecule has 4 rings (SSSR count). The van der Waals surface area contributed by atoms with E-state index in [0.717, 1.165) is 50.8 Å². The Morgan fingerprint density at radius 2 is 2.04 bits per heavy atom. The van der Waals surface area contributed by atoms with Crippen molar-refractivity contribution in [1.82, 2.24) is 20.8 Å². The Labute approximate surface area is 150 Å². The van der Waals surface area contributed by atoms with E-state index in [1.54, 1.807) is 0 Å². The van der Waals surface area contributed by atoms with Gasteiger partial charge < -0.3 is 15.5 Å². The molecule has 7 nitrogen and oxygen atoms in total. The standard InChI is InChI=1S/C18H31N7/c1-12-14(10-20-23-12)11-24(2)17-9-16(13-7-15(19)8-13)21-18(22-17)25-5-3-4-6-25/h9,12-15,20,23H,3-8,10-11,19H2,1-2H3. The smallest absolute Gasteiger partial charge is 0.227 e. The van der Waals surface area contributed by atoms with Crippen LogP contribution in [-0.4, -0.2) is 55.3 Å². The van der Waals surface area contributed by atoms with Crippen molar-refractivity contribution in [2.75, 3.05) is 43.0 Å². The van der Waals surface area contributed by atoms with Crippen molar-refractivity contribution in [3.05, 3.63) is 11.8 Å². The lowest BCUT2D eigenvalue weighted by Crippen LogP contribution is -2.36. The van der Waals surface area contributed by atoms with Gasteiger partial charge in [0, 0.05) is 63.2 Å². The number of hydrazine groups is 1. The molecule has 1 saturated carbocycles. The summed E-state index contributed by atoms with van der Waals surface area (Å²) in [5, 5.41) is 0. The van der Waals surface area contributed by atoms with E-state index in [1.165, 1.54) is 18.5 Å². The molecule has 0 radical (unpaired) electrons. The van der Waals surface area contributed by atoms with Gasteiger partial charge in [-0.15, -0.1) is 0 Å². The third-order valence-electron chi connectivity index (χ3n) is 6.00. The summed E-state index contributed by atoms with van der Waals surface area (Å²) < 4.78 is 0. The van der Waals surface area contributed by atoms with E-state index in [-0.39, 0.29) is 0 Å². The van der Waals surface area contributed by atoms with Crippen molar-refractivity contribution in [2.45, 2.75) is 50.6 Å². The molecule has 0 bridgehead atoms. The Balaban J connectivity index is 1.56. The van der Waals surface area contributed by atoms with Crippen LogP contribution in [-0.2, 0) is 0 Å². The normalized spacial score (nSPS) is 32.0. The summed E-state index contributed by atoms with van der Waals surface area (Å²) in [5.41, 5.74) is 13.7. The lowest BCUT2D eigenvalue weighted by molar-refractivity contribution is 0.345. The summed E-state index contributed by atoms with van der Waals surface area (Å²) in [7, 11) is 2.15. The molecule has 3 aliphatic rings. The molecule has 138 valence electrons. The van der Waals surface area contributed by atoms with E-state index in [0.29, 0.717) is 23.9 Å². The first-order chi connectivity index (χ1) is 12.1. The molecular weight excluding hydrogens is 314 g/mol. The van der Waals surface area contributed by atoms with Crippen LogP contribution in [0.3, 0.4) is 0 Å². The zero-order valence-corrected chi connectivity index (χ0v) is 15.4. The second-order valence-corrected chi connectivity index (χ2v) is 8.03. The van der Waals surface area contributed by atoms with Crippen LogP contribution in [0.1, 0.15) is 44.2 Å². The van der Waals surface area contributed by atoms with E-state index < -0.39 is 0 Å². The van der Waals surface area contributed by atoms with Crippen molar-refractivity contribution in [3.8, 4) is 0 Å². The molecule has 0 amide bonds. The summed E-state index contributed by atoms with van der Waals surface area (Å²) in [6.45, 7) is 6.37. The number of hydrogen-bond donors (Lipinski definition) is 3. The van der Waals surface area contributed by atoms with Gasteiger partial charge in [-0.05, 0) is 32.6 Å². The maximum atomic E-state index is 6.01. The fourth-order valence-corrected chi connectivity index (χ4v) is 4.12. The summed E-state index contributed by atoms with van der Waals surface area (Å²) >= 11 is 0. The number of nitrogens with two attached hydrogens (primary N) is 1. The molecule has 2 atom stereocenters. The number of rotatable bonds is 5. The highest BCUT2D eigenvalue weighted by atomic mass is 15.4. The van der Waals surface area contributed by atoms with Gasteiger partial charge in [-0.2, -0.15) is 4.98 Å². The lowest BCUT2D eigenvalue weighted by atomic mass is 9.78. The molecule has 2 saturated heterocycles. The Morgan fingerprint density at radius 1 is 1.28 bits per heavy atom. The molecule has 3 heterocycles. The van der Waals surface area contributed by atoms with E-state index in [4.69, 9.17) is 15.7 Å². The first kappa shape index (κ1) is 17.0. The highest BCUT2D eigenvalue weighted by Gasteiger charge is 2.31. The average molecular weight is 345 g/mol. The van der Waals surface area contributed by atoms with Gasteiger partial charge in [-0.1, -0.05) is 0 Å². The van der Waals surface area contributed by atoms with Gasteiger partial charge in [0.1, 0.15) is 5.82 Å². The Hall–Kier alpha value is -1.44. The predicted molar refractivity (Wildman–Crippen MR) is 101 cm³/mol. The van der Waals surface area contributed by atoms with Crippen LogP contribution in [0.15, 0.2) is 6.07 Å². The van der Waals surface area contributed by atoms with Crippen molar-refractivity contribution in [2.24, 2.45) is 11.7 Å². The molecule has 2 unspecified atom stereocenters. The minimum absolute atomic E-state index is 0.341. The number of aromatic nitrogens is 2. The van der Waals surface area contributed by atoms with Gasteiger partial charge in [0.2, 0.25) is 5.95 Å². The van der Waals surface area contributed by atoms with E-state index in [1.807, 2.05) is 0 Å². The van der Waals surface area contributed by atoms with E-state index in [9.17, 15) is 0 Å². The predicted octanol–water partition coefficient (Wildman–Crippen LogP) is 0.830. The molecule has 0 spiro atoms. The maximum absolute atomic E-state index is 6.01.